The Morgan fingerprint density at radius 3 is 2.94 bits per heavy atom. The molecule has 2 aromatic rings. The Morgan fingerprint density at radius 2 is 2.19 bits per heavy atom. The number of nitrogens with one attached hydrogen (secondary N) is 1. The topological polar surface area (TPSA) is 198 Å². The maximum absolute atomic E-state index is 12.6. The smallest absolute Gasteiger partial charge is 0.351 e. The highest BCUT2D eigenvalue weighted by Gasteiger charge is 2.39. The van der Waals surface area contributed by atoms with Crippen LogP contribution in [0.2, 0.25) is 0 Å². The van der Waals surface area contributed by atoms with Gasteiger partial charge >= 0.3 is 5.69 Å². The molecule has 0 radical (unpaired) electrons. The van der Waals surface area contributed by atoms with Crippen molar-refractivity contribution in [2.24, 2.45) is 16.5 Å². The lowest BCUT2D eigenvalue weighted by Gasteiger charge is -2.24. The molecule has 0 bridgehead atoms. The average molecular weight is 450 g/mol. The van der Waals surface area contributed by atoms with Crippen LogP contribution in [-0.2, 0) is 14.5 Å². The summed E-state index contributed by atoms with van der Waals surface area (Å²) in [5.41, 5.74) is 10.5. The fraction of sp³-hybridized carbons (Fsp3) is 0.389. The molecular weight excluding hydrogens is 428 g/mol. The number of aliphatic imine (C=N–C) groups is 1. The van der Waals surface area contributed by atoms with Crippen molar-refractivity contribution < 1.29 is 34.5 Å². The van der Waals surface area contributed by atoms with Crippen LogP contribution in [-0.4, -0.2) is 58.0 Å². The molecule has 0 aliphatic carbocycles. The molecule has 14 nitrogen and oxygen atoms in total. The first kappa shape index (κ1) is 21.8. The molecule has 2 aliphatic rings. The summed E-state index contributed by atoms with van der Waals surface area (Å²) in [4.78, 5) is 29.0. The van der Waals surface area contributed by atoms with Gasteiger partial charge in [-0.3, -0.25) is 20.1 Å². The number of guanidine groups is 1. The minimum Gasteiger partial charge on any atom is -0.489 e. The predicted molar refractivity (Wildman–Crippen MR) is 109 cm³/mol. The Morgan fingerprint density at radius 1 is 1.34 bits per heavy atom. The highest BCUT2D eigenvalue weighted by molar-refractivity contribution is 5.77. The van der Waals surface area contributed by atoms with E-state index in [1.54, 1.807) is 18.2 Å². The Kier molecular flexibility index (Phi) is 6.38. The van der Waals surface area contributed by atoms with E-state index in [4.69, 9.17) is 36.2 Å². The molecule has 14 heteroatoms. The number of hydrogen-bond acceptors (Lipinski definition) is 11. The Bertz CT molecular complexity index is 1060. The number of ether oxygens (including phenoxy) is 3. The summed E-state index contributed by atoms with van der Waals surface area (Å²) in [6.07, 6.45) is -0.825. The number of para-hydroxylation sites is 1. The Hall–Kier alpha value is -3.43. The summed E-state index contributed by atoms with van der Waals surface area (Å²) in [5.74, 6) is 1.37. The van der Waals surface area contributed by atoms with E-state index in [2.05, 4.69) is 25.1 Å². The van der Waals surface area contributed by atoms with Gasteiger partial charge in [0.05, 0.1) is 12.7 Å². The highest BCUT2D eigenvalue weighted by atomic mass is 17.1. The molecule has 1 aromatic heterocycles. The van der Waals surface area contributed by atoms with Gasteiger partial charge in [0.1, 0.15) is 43.1 Å². The monoisotopic (exact) mass is 450 g/mol. The van der Waals surface area contributed by atoms with Crippen LogP contribution in [0.15, 0.2) is 34.2 Å². The summed E-state index contributed by atoms with van der Waals surface area (Å²) in [6, 6.07) is 5.19. The van der Waals surface area contributed by atoms with Crippen LogP contribution in [0.3, 0.4) is 0 Å². The predicted octanol–water partition coefficient (Wildman–Crippen LogP) is 0.380. The number of rotatable bonds is 8. The van der Waals surface area contributed by atoms with Gasteiger partial charge in [0.25, 0.3) is 0 Å². The molecule has 0 amide bonds. The summed E-state index contributed by atoms with van der Waals surface area (Å²) < 4.78 is 18.5. The molecule has 3 heterocycles. The molecule has 3 atom stereocenters. The minimum atomic E-state index is -0.812. The van der Waals surface area contributed by atoms with Gasteiger partial charge in [-0.15, -0.1) is 0 Å². The first-order valence-electron chi connectivity index (χ1n) is 9.61. The molecular formula is C18H22N6O8. The van der Waals surface area contributed by atoms with E-state index in [9.17, 15) is 4.79 Å². The number of benzene rings is 1. The van der Waals surface area contributed by atoms with E-state index < -0.39 is 24.1 Å². The summed E-state index contributed by atoms with van der Waals surface area (Å²) in [5, 5.41) is 20.8. The van der Waals surface area contributed by atoms with Crippen molar-refractivity contribution in [3.8, 4) is 17.2 Å². The molecule has 2 aliphatic heterocycles. The highest BCUT2D eigenvalue weighted by Crippen LogP contribution is 2.45. The van der Waals surface area contributed by atoms with E-state index in [-0.39, 0.29) is 43.7 Å². The molecule has 0 unspecified atom stereocenters. The van der Waals surface area contributed by atoms with Gasteiger partial charge in [-0.2, -0.15) is 4.98 Å². The maximum Gasteiger partial charge on any atom is 0.351 e. The maximum atomic E-state index is 12.6. The first-order valence-corrected chi connectivity index (χ1v) is 9.61. The van der Waals surface area contributed by atoms with Gasteiger partial charge < -0.3 is 31.0 Å². The third-order valence-electron chi connectivity index (χ3n) is 4.88. The minimum absolute atomic E-state index is 0.0297. The van der Waals surface area contributed by atoms with Gasteiger partial charge in [0.15, 0.2) is 23.3 Å². The molecule has 1 saturated heterocycles. The Labute approximate surface area is 180 Å². The molecule has 1 fully saturated rings. The third kappa shape index (κ3) is 4.44. The zero-order valence-electron chi connectivity index (χ0n) is 16.7. The fourth-order valence-electron chi connectivity index (χ4n) is 3.43. The number of fused-ring (bicyclic) bond motifs is 2. The van der Waals surface area contributed by atoms with Gasteiger partial charge in [0, 0.05) is 6.42 Å². The van der Waals surface area contributed by atoms with Gasteiger partial charge in [0.2, 0.25) is 0 Å². The molecule has 32 heavy (non-hydrogen) atoms. The summed E-state index contributed by atoms with van der Waals surface area (Å²) in [6.45, 7) is 0.255. The fourth-order valence-corrected chi connectivity index (χ4v) is 3.43. The van der Waals surface area contributed by atoms with Gasteiger partial charge in [-0.25, -0.2) is 14.6 Å². The SMILES string of the molecule is NC(N)=NCCOc1cccc2c1Nc1nc(=O)n([C@H]3C[C@H](OO)[C@@H](COO)O3)cc1O2. The zero-order valence-corrected chi connectivity index (χ0v) is 16.7. The van der Waals surface area contributed by atoms with Crippen molar-refractivity contribution in [1.82, 2.24) is 9.55 Å². The number of nitrogens with zero attached hydrogens (tertiary/aromatic N) is 3. The molecule has 0 saturated carbocycles. The number of aromatic nitrogens is 2. The molecule has 172 valence electrons. The lowest BCUT2D eigenvalue weighted by Crippen LogP contribution is -2.29. The van der Waals surface area contributed by atoms with E-state index >= 15 is 0 Å². The lowest BCUT2D eigenvalue weighted by molar-refractivity contribution is -0.308. The molecule has 0 spiro atoms. The van der Waals surface area contributed by atoms with Crippen molar-refractivity contribution in [2.75, 3.05) is 25.1 Å². The van der Waals surface area contributed by atoms with Gasteiger partial charge in [-0.05, 0) is 12.1 Å². The van der Waals surface area contributed by atoms with Crippen molar-refractivity contribution in [3.63, 3.8) is 0 Å². The molecule has 1 aromatic carbocycles. The second kappa shape index (κ2) is 9.37. The molecule has 7 N–H and O–H groups in total. The van der Waals surface area contributed by atoms with Crippen LogP contribution in [0.25, 0.3) is 0 Å². The first-order chi connectivity index (χ1) is 15.5. The van der Waals surface area contributed by atoms with Crippen LogP contribution >= 0.6 is 0 Å². The van der Waals surface area contributed by atoms with E-state index in [0.717, 1.165) is 0 Å². The van der Waals surface area contributed by atoms with Crippen LogP contribution in [0.1, 0.15) is 12.6 Å². The van der Waals surface area contributed by atoms with Crippen molar-refractivity contribution in [1.29, 1.82) is 0 Å². The quantitative estimate of drug-likeness (QED) is 0.104. The average Bonchev–Trinajstić information content (AvgIpc) is 3.18. The van der Waals surface area contributed by atoms with Crippen LogP contribution in [0.4, 0.5) is 11.5 Å². The lowest BCUT2D eigenvalue weighted by atomic mass is 10.2. The summed E-state index contributed by atoms with van der Waals surface area (Å²) in [7, 11) is 0. The largest absolute Gasteiger partial charge is 0.489 e. The van der Waals surface area contributed by atoms with Gasteiger partial charge in [-0.1, -0.05) is 6.07 Å². The van der Waals surface area contributed by atoms with E-state index in [1.807, 2.05) is 0 Å². The second-order valence-corrected chi connectivity index (χ2v) is 6.96. The summed E-state index contributed by atoms with van der Waals surface area (Å²) >= 11 is 0. The number of hydrogen-bond donors (Lipinski definition) is 5. The van der Waals surface area contributed by atoms with Crippen molar-refractivity contribution in [2.45, 2.75) is 24.9 Å². The normalized spacial score (nSPS) is 21.1. The Balaban J connectivity index is 1.54. The zero-order chi connectivity index (χ0) is 22.7. The third-order valence-corrected chi connectivity index (χ3v) is 4.88. The van der Waals surface area contributed by atoms with E-state index in [1.165, 1.54) is 10.8 Å². The van der Waals surface area contributed by atoms with E-state index in [0.29, 0.717) is 17.2 Å². The number of nitrogens with two attached hydrogens (primary N) is 2. The van der Waals surface area contributed by atoms with Crippen LogP contribution in [0, 0.1) is 0 Å². The van der Waals surface area contributed by atoms with Crippen molar-refractivity contribution in [3.05, 3.63) is 34.9 Å². The number of anilines is 2. The standard InChI is InChI=1S/C18H22N6O8/c19-17(20)21-4-5-28-9-2-1-3-10-15(9)22-16-12(30-10)7-24(18(25)23-16)14-6-11(32-27)13(31-14)8-29-26/h1-3,7,11,13-14,26-27H,4-6,8H2,(H4,19,20,21)(H,22,23,25)/t11-,13+,14+/m0/s1. The molecule has 4 rings (SSSR count). The van der Waals surface area contributed by atoms with Crippen LogP contribution < -0.4 is 31.9 Å². The second-order valence-electron chi connectivity index (χ2n) is 6.96. The van der Waals surface area contributed by atoms with Crippen molar-refractivity contribution >= 4 is 17.5 Å². The van der Waals surface area contributed by atoms with Crippen LogP contribution in [0.5, 0.6) is 17.2 Å².